The van der Waals surface area contributed by atoms with Crippen molar-refractivity contribution in [3.8, 4) is 0 Å². The van der Waals surface area contributed by atoms with Gasteiger partial charge in [0.1, 0.15) is 0 Å². The van der Waals surface area contributed by atoms with Crippen molar-refractivity contribution in [1.29, 1.82) is 0 Å². The fraction of sp³-hybridized carbons (Fsp3) is 1.00. The van der Waals surface area contributed by atoms with E-state index in [1.165, 1.54) is 32.1 Å². The molecule has 13 heavy (non-hydrogen) atoms. The van der Waals surface area contributed by atoms with Gasteiger partial charge in [0.25, 0.3) is 0 Å². The number of rotatable bonds is 4. The average molecular weight is 183 g/mol. The Morgan fingerprint density at radius 2 is 1.77 bits per heavy atom. The molecule has 0 aromatic heterocycles. The first-order valence-electron chi connectivity index (χ1n) is 5.86. The average Bonchev–Trinajstić information content (AvgIpc) is 2.51. The quantitative estimate of drug-likeness (QED) is 0.711. The maximum absolute atomic E-state index is 6.26. The third-order valence-corrected chi connectivity index (χ3v) is 3.64. The van der Waals surface area contributed by atoms with E-state index in [9.17, 15) is 0 Å². The highest BCUT2D eigenvalue weighted by molar-refractivity contribution is 4.92. The molecular formula is C12H25N. The topological polar surface area (TPSA) is 26.0 Å². The predicted molar refractivity (Wildman–Crippen MR) is 58.6 cm³/mol. The summed E-state index contributed by atoms with van der Waals surface area (Å²) in [6, 6.07) is 0.442. The molecular weight excluding hydrogens is 158 g/mol. The third kappa shape index (κ3) is 2.46. The Kier molecular flexibility index (Phi) is 3.78. The SMILES string of the molecule is CCC(N)C1(CC(C)C)CCCC1. The summed E-state index contributed by atoms with van der Waals surface area (Å²) < 4.78 is 0. The van der Waals surface area contributed by atoms with Crippen LogP contribution < -0.4 is 5.73 Å². The highest BCUT2D eigenvalue weighted by Crippen LogP contribution is 2.45. The van der Waals surface area contributed by atoms with Gasteiger partial charge in [-0.3, -0.25) is 0 Å². The van der Waals surface area contributed by atoms with Crippen LogP contribution in [0.5, 0.6) is 0 Å². The molecule has 1 heteroatoms. The largest absolute Gasteiger partial charge is 0.327 e. The molecule has 1 aliphatic carbocycles. The van der Waals surface area contributed by atoms with Crippen molar-refractivity contribution < 1.29 is 0 Å². The highest BCUT2D eigenvalue weighted by atomic mass is 14.7. The van der Waals surface area contributed by atoms with Crippen LogP contribution in [0.3, 0.4) is 0 Å². The van der Waals surface area contributed by atoms with Crippen LogP contribution in [-0.4, -0.2) is 6.04 Å². The predicted octanol–water partition coefficient (Wildman–Crippen LogP) is 3.33. The Morgan fingerprint density at radius 1 is 1.23 bits per heavy atom. The van der Waals surface area contributed by atoms with Gasteiger partial charge >= 0.3 is 0 Å². The molecule has 1 fully saturated rings. The lowest BCUT2D eigenvalue weighted by Gasteiger charge is -2.36. The van der Waals surface area contributed by atoms with Crippen LogP contribution in [0.4, 0.5) is 0 Å². The Bertz CT molecular complexity index is 145. The Hall–Kier alpha value is -0.0400. The minimum absolute atomic E-state index is 0.442. The van der Waals surface area contributed by atoms with E-state index < -0.39 is 0 Å². The lowest BCUT2D eigenvalue weighted by molar-refractivity contribution is 0.179. The molecule has 0 aromatic rings. The first kappa shape index (κ1) is 11.0. The van der Waals surface area contributed by atoms with E-state index in [1.54, 1.807) is 0 Å². The minimum atomic E-state index is 0.442. The normalized spacial score (nSPS) is 23.8. The minimum Gasteiger partial charge on any atom is -0.327 e. The highest BCUT2D eigenvalue weighted by Gasteiger charge is 2.38. The molecule has 1 unspecified atom stereocenters. The summed E-state index contributed by atoms with van der Waals surface area (Å²) in [6.45, 7) is 6.87. The summed E-state index contributed by atoms with van der Waals surface area (Å²) in [4.78, 5) is 0. The lowest BCUT2D eigenvalue weighted by atomic mass is 9.72. The van der Waals surface area contributed by atoms with Gasteiger partial charge in [-0.1, -0.05) is 33.6 Å². The molecule has 0 radical (unpaired) electrons. The Labute approximate surface area is 83.1 Å². The summed E-state index contributed by atoms with van der Waals surface area (Å²) in [5.41, 5.74) is 6.76. The molecule has 0 aromatic carbocycles. The summed E-state index contributed by atoms with van der Waals surface area (Å²) in [5.74, 6) is 0.802. The summed E-state index contributed by atoms with van der Waals surface area (Å²) in [5, 5.41) is 0. The Balaban J connectivity index is 2.62. The van der Waals surface area contributed by atoms with Crippen molar-refractivity contribution in [2.45, 2.75) is 65.3 Å². The molecule has 1 rings (SSSR count). The van der Waals surface area contributed by atoms with Gasteiger partial charge in [-0.15, -0.1) is 0 Å². The first-order chi connectivity index (χ1) is 6.10. The van der Waals surface area contributed by atoms with Gasteiger partial charge in [-0.25, -0.2) is 0 Å². The molecule has 2 N–H and O–H groups in total. The molecule has 0 bridgehead atoms. The van der Waals surface area contributed by atoms with Gasteiger partial charge in [-0.05, 0) is 37.0 Å². The van der Waals surface area contributed by atoms with Gasteiger partial charge in [0.05, 0.1) is 0 Å². The van der Waals surface area contributed by atoms with E-state index in [4.69, 9.17) is 5.73 Å². The maximum atomic E-state index is 6.26. The molecule has 0 amide bonds. The van der Waals surface area contributed by atoms with Gasteiger partial charge in [0.2, 0.25) is 0 Å². The zero-order chi connectivity index (χ0) is 9.90. The van der Waals surface area contributed by atoms with Crippen LogP contribution in [0.15, 0.2) is 0 Å². The molecule has 1 saturated carbocycles. The molecule has 0 spiro atoms. The van der Waals surface area contributed by atoms with Crippen LogP contribution in [-0.2, 0) is 0 Å². The van der Waals surface area contributed by atoms with Crippen LogP contribution in [0.25, 0.3) is 0 Å². The second kappa shape index (κ2) is 4.45. The summed E-state index contributed by atoms with van der Waals surface area (Å²) in [6.07, 6.45) is 8.04. The monoisotopic (exact) mass is 183 g/mol. The molecule has 1 aliphatic rings. The van der Waals surface area contributed by atoms with Crippen molar-refractivity contribution in [1.82, 2.24) is 0 Å². The van der Waals surface area contributed by atoms with E-state index >= 15 is 0 Å². The van der Waals surface area contributed by atoms with Crippen LogP contribution in [0.1, 0.15) is 59.3 Å². The summed E-state index contributed by atoms with van der Waals surface area (Å²) >= 11 is 0. The molecule has 0 aliphatic heterocycles. The van der Waals surface area contributed by atoms with Crippen LogP contribution >= 0.6 is 0 Å². The molecule has 0 saturated heterocycles. The van der Waals surface area contributed by atoms with Crippen LogP contribution in [0.2, 0.25) is 0 Å². The van der Waals surface area contributed by atoms with Gasteiger partial charge < -0.3 is 5.73 Å². The van der Waals surface area contributed by atoms with Gasteiger partial charge in [0.15, 0.2) is 0 Å². The molecule has 1 atom stereocenters. The zero-order valence-corrected chi connectivity index (χ0v) is 9.47. The number of nitrogens with two attached hydrogens (primary N) is 1. The lowest BCUT2D eigenvalue weighted by Crippen LogP contribution is -2.40. The molecule has 0 heterocycles. The number of hydrogen-bond donors (Lipinski definition) is 1. The second-order valence-electron chi connectivity index (χ2n) is 5.18. The van der Waals surface area contributed by atoms with Crippen LogP contribution in [0, 0.1) is 11.3 Å². The first-order valence-corrected chi connectivity index (χ1v) is 5.86. The van der Waals surface area contributed by atoms with Crippen molar-refractivity contribution in [3.63, 3.8) is 0 Å². The van der Waals surface area contributed by atoms with E-state index in [-0.39, 0.29) is 0 Å². The van der Waals surface area contributed by atoms with E-state index in [0.29, 0.717) is 11.5 Å². The molecule has 1 nitrogen and oxygen atoms in total. The van der Waals surface area contributed by atoms with Crippen molar-refractivity contribution in [2.75, 3.05) is 0 Å². The van der Waals surface area contributed by atoms with E-state index in [1.807, 2.05) is 0 Å². The van der Waals surface area contributed by atoms with Crippen molar-refractivity contribution >= 4 is 0 Å². The van der Waals surface area contributed by atoms with Crippen molar-refractivity contribution in [2.24, 2.45) is 17.1 Å². The smallest absolute Gasteiger partial charge is 0.00930 e. The van der Waals surface area contributed by atoms with E-state index in [2.05, 4.69) is 20.8 Å². The Morgan fingerprint density at radius 3 is 2.15 bits per heavy atom. The second-order valence-corrected chi connectivity index (χ2v) is 5.18. The third-order valence-electron chi connectivity index (χ3n) is 3.64. The van der Waals surface area contributed by atoms with Crippen molar-refractivity contribution in [3.05, 3.63) is 0 Å². The van der Waals surface area contributed by atoms with Gasteiger partial charge in [0, 0.05) is 6.04 Å². The number of hydrogen-bond acceptors (Lipinski definition) is 1. The maximum Gasteiger partial charge on any atom is 0.00930 e. The van der Waals surface area contributed by atoms with Gasteiger partial charge in [-0.2, -0.15) is 0 Å². The fourth-order valence-corrected chi connectivity index (χ4v) is 3.05. The molecule has 78 valence electrons. The zero-order valence-electron chi connectivity index (χ0n) is 9.47. The van der Waals surface area contributed by atoms with E-state index in [0.717, 1.165) is 12.3 Å². The standard InChI is InChI=1S/C12H25N/c1-4-11(13)12(9-10(2)3)7-5-6-8-12/h10-11H,4-9,13H2,1-3H3. The fourth-order valence-electron chi connectivity index (χ4n) is 3.05. The summed E-state index contributed by atoms with van der Waals surface area (Å²) in [7, 11) is 0.